The van der Waals surface area contributed by atoms with E-state index in [2.05, 4.69) is 4.98 Å². The van der Waals surface area contributed by atoms with Crippen molar-refractivity contribution in [2.75, 3.05) is 5.73 Å². The molecule has 2 rings (SSSR count). The van der Waals surface area contributed by atoms with Gasteiger partial charge in [0.1, 0.15) is 0 Å². The van der Waals surface area contributed by atoms with Crippen LogP contribution in [-0.4, -0.2) is 16.1 Å². The minimum absolute atomic E-state index is 0.0347. The van der Waals surface area contributed by atoms with Gasteiger partial charge in [-0.1, -0.05) is 12.1 Å². The Kier molecular flexibility index (Phi) is 4.47. The third-order valence-corrected chi connectivity index (χ3v) is 3.72. The molecule has 0 unspecified atom stereocenters. The highest BCUT2D eigenvalue weighted by atomic mass is 127. The maximum absolute atomic E-state index is 13.9. The highest BCUT2D eigenvalue weighted by Gasteiger charge is 2.25. The number of alkyl halides is 3. The third kappa shape index (κ3) is 3.37. The van der Waals surface area contributed by atoms with Crippen LogP contribution in [-0.2, 0) is 1.68 Å². The van der Waals surface area contributed by atoms with Crippen LogP contribution >= 0.6 is 45.2 Å². The third-order valence-electron chi connectivity index (χ3n) is 2.62. The zero-order chi connectivity index (χ0) is 14.9. The maximum atomic E-state index is 13.9. The summed E-state index contributed by atoms with van der Waals surface area (Å²) in [6, 6.07) is 9.56. The molecule has 0 aliphatic carbocycles. The number of hydrogen-bond acceptors (Lipinski definition) is 3. The van der Waals surface area contributed by atoms with Crippen LogP contribution in [0.1, 0.15) is 16.1 Å². The Morgan fingerprint density at radius 3 is 2.55 bits per heavy atom. The summed E-state index contributed by atoms with van der Waals surface area (Å²) in [5.74, 6) is -1.09. The Morgan fingerprint density at radius 1 is 1.30 bits per heavy atom. The normalized spacial score (nSPS) is 11.3. The van der Waals surface area contributed by atoms with Crippen LogP contribution in [0, 0.1) is 0 Å². The Balaban J connectivity index is 2.47. The van der Waals surface area contributed by atoms with Gasteiger partial charge in [0.25, 0.3) is 1.68 Å². The summed E-state index contributed by atoms with van der Waals surface area (Å²) in [5.41, 5.74) is 7.36. The molecule has 0 amide bonds. The molecule has 0 aliphatic heterocycles. The lowest BCUT2D eigenvalue weighted by Gasteiger charge is -2.11. The number of carboxylic acids is 1. The Morgan fingerprint density at radius 2 is 2.00 bits per heavy atom. The van der Waals surface area contributed by atoms with Crippen LogP contribution in [0.4, 0.5) is 10.1 Å². The molecule has 0 bridgehead atoms. The predicted octanol–water partition coefficient (Wildman–Crippen LogP) is 3.98. The topological polar surface area (TPSA) is 76.2 Å². The number of nitrogens with zero attached hydrogens (tertiary/aromatic N) is 1. The van der Waals surface area contributed by atoms with Crippen molar-refractivity contribution in [1.82, 2.24) is 4.98 Å². The lowest BCUT2D eigenvalue weighted by atomic mass is 10.1. The molecule has 7 heteroatoms. The molecule has 1 aromatic heterocycles. The first-order chi connectivity index (χ1) is 9.29. The zero-order valence-electron chi connectivity index (χ0n) is 9.98. The highest BCUT2D eigenvalue weighted by molar-refractivity contribution is 14.2. The van der Waals surface area contributed by atoms with Gasteiger partial charge in [-0.25, -0.2) is 14.2 Å². The molecule has 0 saturated heterocycles. The minimum Gasteiger partial charge on any atom is -0.478 e. The van der Waals surface area contributed by atoms with Gasteiger partial charge >= 0.3 is 5.97 Å². The number of benzene rings is 1. The fourth-order valence-corrected chi connectivity index (χ4v) is 2.27. The highest BCUT2D eigenvalue weighted by Crippen LogP contribution is 2.40. The molecular weight excluding hydrogens is 489 g/mol. The van der Waals surface area contributed by atoms with Crippen LogP contribution in [0.3, 0.4) is 0 Å². The number of aromatic nitrogens is 1. The minimum atomic E-state index is -1.60. The van der Waals surface area contributed by atoms with E-state index in [-0.39, 0.29) is 16.9 Å². The van der Waals surface area contributed by atoms with E-state index in [0.717, 1.165) is 0 Å². The average molecular weight is 498 g/mol. The summed E-state index contributed by atoms with van der Waals surface area (Å²) in [6.45, 7) is 0. The number of anilines is 1. The monoisotopic (exact) mass is 498 g/mol. The van der Waals surface area contributed by atoms with Gasteiger partial charge in [-0.05, 0) is 69.4 Å². The summed E-state index contributed by atoms with van der Waals surface area (Å²) in [5, 5.41) is 8.93. The lowest BCUT2D eigenvalue weighted by molar-refractivity contribution is 0.0698. The Labute approximate surface area is 141 Å². The molecule has 20 heavy (non-hydrogen) atoms. The first-order valence-electron chi connectivity index (χ1n) is 5.46. The SMILES string of the molecule is Nc1cc(-c2cccc(C(F)(I)I)n2)ccc1C(=O)O. The van der Waals surface area contributed by atoms with Gasteiger partial charge in [0, 0.05) is 11.3 Å². The Bertz CT molecular complexity index is 672. The fraction of sp³-hybridized carbons (Fsp3) is 0.0769. The molecule has 0 fully saturated rings. The Hall–Kier alpha value is -0.970. The maximum Gasteiger partial charge on any atom is 0.337 e. The van der Waals surface area contributed by atoms with Crippen molar-refractivity contribution in [3.8, 4) is 11.3 Å². The molecule has 0 aliphatic rings. The quantitative estimate of drug-likeness (QED) is 0.382. The van der Waals surface area contributed by atoms with E-state index in [0.29, 0.717) is 11.3 Å². The van der Waals surface area contributed by atoms with Crippen molar-refractivity contribution in [3.63, 3.8) is 0 Å². The number of carbonyl (C=O) groups is 1. The van der Waals surface area contributed by atoms with Crippen molar-refractivity contribution in [2.24, 2.45) is 0 Å². The fourth-order valence-electron chi connectivity index (χ4n) is 1.67. The molecule has 4 nitrogen and oxygen atoms in total. The van der Waals surface area contributed by atoms with E-state index in [1.165, 1.54) is 12.1 Å². The number of aromatic carboxylic acids is 1. The smallest absolute Gasteiger partial charge is 0.337 e. The summed E-state index contributed by atoms with van der Waals surface area (Å²) in [4.78, 5) is 15.1. The average Bonchev–Trinajstić information content (AvgIpc) is 2.37. The van der Waals surface area contributed by atoms with Crippen LogP contribution in [0.15, 0.2) is 36.4 Å². The summed E-state index contributed by atoms with van der Waals surface area (Å²) in [7, 11) is 0. The number of halogens is 3. The molecule has 104 valence electrons. The number of nitrogens with two attached hydrogens (primary N) is 1. The molecule has 1 aromatic carbocycles. The van der Waals surface area contributed by atoms with E-state index in [9.17, 15) is 9.18 Å². The van der Waals surface area contributed by atoms with Crippen LogP contribution in [0.25, 0.3) is 11.3 Å². The second kappa shape index (κ2) is 5.80. The van der Waals surface area contributed by atoms with Gasteiger partial charge in [0.05, 0.1) is 17.0 Å². The summed E-state index contributed by atoms with van der Waals surface area (Å²) >= 11 is 3.31. The largest absolute Gasteiger partial charge is 0.478 e. The van der Waals surface area contributed by atoms with Crippen LogP contribution in [0.2, 0.25) is 0 Å². The second-order valence-corrected chi connectivity index (χ2v) is 9.05. The van der Waals surface area contributed by atoms with E-state index < -0.39 is 7.65 Å². The number of nitrogen functional groups attached to an aromatic ring is 1. The van der Waals surface area contributed by atoms with Gasteiger partial charge in [-0.3, -0.25) is 0 Å². The van der Waals surface area contributed by atoms with E-state index in [1.54, 1.807) is 69.4 Å². The van der Waals surface area contributed by atoms with Crippen molar-refractivity contribution >= 4 is 56.8 Å². The van der Waals surface area contributed by atoms with Crippen LogP contribution < -0.4 is 5.73 Å². The summed E-state index contributed by atoms with van der Waals surface area (Å²) in [6.07, 6.45) is 0. The summed E-state index contributed by atoms with van der Waals surface area (Å²) < 4.78 is 12.3. The van der Waals surface area contributed by atoms with Crippen molar-refractivity contribution < 1.29 is 14.3 Å². The van der Waals surface area contributed by atoms with Gasteiger partial charge in [0.15, 0.2) is 0 Å². The molecule has 0 radical (unpaired) electrons. The van der Waals surface area contributed by atoms with E-state index >= 15 is 0 Å². The first-order valence-corrected chi connectivity index (χ1v) is 7.62. The van der Waals surface area contributed by atoms with E-state index in [4.69, 9.17) is 10.8 Å². The standard InChI is InChI=1S/C13H9FI2N2O2/c14-13(15,16)11-3-1-2-10(18-11)7-4-5-8(12(19)20)9(17)6-7/h1-6H,17H2,(H,19,20). The van der Waals surface area contributed by atoms with Gasteiger partial charge in [-0.2, -0.15) is 0 Å². The first kappa shape index (κ1) is 15.4. The zero-order valence-corrected chi connectivity index (χ0v) is 14.3. The van der Waals surface area contributed by atoms with Gasteiger partial charge in [-0.15, -0.1) is 0 Å². The molecule has 0 spiro atoms. The van der Waals surface area contributed by atoms with Crippen molar-refractivity contribution in [2.45, 2.75) is 1.68 Å². The molecular formula is C13H9FI2N2O2. The van der Waals surface area contributed by atoms with Crippen molar-refractivity contribution in [1.29, 1.82) is 0 Å². The predicted molar refractivity (Wildman–Crippen MR) is 91.9 cm³/mol. The number of rotatable bonds is 3. The van der Waals surface area contributed by atoms with Crippen molar-refractivity contribution in [3.05, 3.63) is 47.7 Å². The molecule has 0 saturated carbocycles. The second-order valence-electron chi connectivity index (χ2n) is 4.01. The number of pyridine rings is 1. The van der Waals surface area contributed by atoms with Gasteiger partial charge in [0.2, 0.25) is 0 Å². The van der Waals surface area contributed by atoms with E-state index in [1.807, 2.05) is 0 Å². The number of hydrogen-bond donors (Lipinski definition) is 2. The van der Waals surface area contributed by atoms with Gasteiger partial charge < -0.3 is 10.8 Å². The molecule has 3 N–H and O–H groups in total. The lowest BCUT2D eigenvalue weighted by Crippen LogP contribution is -2.05. The molecule has 0 atom stereocenters. The molecule has 2 aromatic rings. The number of carboxylic acid groups (broad SMARTS) is 1. The molecule has 1 heterocycles. The van der Waals surface area contributed by atoms with Crippen LogP contribution in [0.5, 0.6) is 0 Å².